The van der Waals surface area contributed by atoms with Crippen LogP contribution in [0.5, 0.6) is 0 Å². The van der Waals surface area contributed by atoms with E-state index in [4.69, 9.17) is 0 Å². The Kier molecular flexibility index (Phi) is 4.61. The topological polar surface area (TPSA) is 73.5 Å². The van der Waals surface area contributed by atoms with E-state index in [0.29, 0.717) is 18.3 Å². The third-order valence-corrected chi connectivity index (χ3v) is 6.33. The van der Waals surface area contributed by atoms with Crippen LogP contribution in [0.1, 0.15) is 23.6 Å². The highest BCUT2D eigenvalue weighted by atomic mass is 16.3. The second-order valence-electron chi connectivity index (χ2n) is 7.89. The van der Waals surface area contributed by atoms with E-state index < -0.39 is 5.54 Å². The third-order valence-electron chi connectivity index (χ3n) is 6.33. The maximum absolute atomic E-state index is 10.2. The fourth-order valence-electron chi connectivity index (χ4n) is 5.06. The van der Waals surface area contributed by atoms with Crippen LogP contribution in [0.25, 0.3) is 5.69 Å². The zero-order chi connectivity index (χ0) is 18.3. The molecule has 3 heterocycles. The summed E-state index contributed by atoms with van der Waals surface area (Å²) in [6.07, 6.45) is 4.31. The summed E-state index contributed by atoms with van der Waals surface area (Å²) in [5.41, 5.74) is 3.15. The van der Waals surface area contributed by atoms with Crippen LogP contribution < -0.4 is 5.32 Å². The number of hydrogen-bond donors (Lipinski definition) is 3. The fourth-order valence-corrected chi connectivity index (χ4v) is 5.06. The van der Waals surface area contributed by atoms with Crippen molar-refractivity contribution in [2.75, 3.05) is 33.4 Å². The Hall–Kier alpha value is -1.73. The van der Waals surface area contributed by atoms with Gasteiger partial charge in [-0.3, -0.25) is 0 Å². The molecule has 6 nitrogen and oxygen atoms in total. The van der Waals surface area contributed by atoms with Gasteiger partial charge in [-0.2, -0.15) is 5.10 Å². The monoisotopic (exact) mass is 356 g/mol. The van der Waals surface area contributed by atoms with Gasteiger partial charge in [-0.15, -0.1) is 0 Å². The Morgan fingerprint density at radius 2 is 2.15 bits per heavy atom. The van der Waals surface area contributed by atoms with Crippen LogP contribution >= 0.6 is 0 Å². The molecule has 2 saturated heterocycles. The Morgan fingerprint density at radius 3 is 2.81 bits per heavy atom. The molecule has 0 unspecified atom stereocenters. The number of aliphatic hydroxyl groups excluding tert-OH is 2. The summed E-state index contributed by atoms with van der Waals surface area (Å²) in [7, 11) is 2.14. The SMILES string of the molecule is Cc1cc(-n2cccn2)ccc1[C@@H]1N[C@@](CO)(CCO)[C@@H]2CN(C)C[C@@H]21. The van der Waals surface area contributed by atoms with Crippen LogP contribution in [0.15, 0.2) is 36.7 Å². The van der Waals surface area contributed by atoms with Gasteiger partial charge >= 0.3 is 0 Å². The van der Waals surface area contributed by atoms with Gasteiger partial charge in [0.15, 0.2) is 0 Å². The minimum atomic E-state index is -0.401. The van der Waals surface area contributed by atoms with Crippen LogP contribution in [0, 0.1) is 18.8 Å². The van der Waals surface area contributed by atoms with Crippen LogP contribution in [0.4, 0.5) is 0 Å². The molecule has 0 spiro atoms. The number of nitrogens with zero attached hydrogens (tertiary/aromatic N) is 3. The number of benzene rings is 1. The summed E-state index contributed by atoms with van der Waals surface area (Å²) in [4.78, 5) is 2.35. The van der Waals surface area contributed by atoms with Crippen molar-refractivity contribution in [2.45, 2.75) is 24.9 Å². The summed E-state index contributed by atoms with van der Waals surface area (Å²) in [5, 5.41) is 27.8. The molecule has 1 aromatic carbocycles. The molecule has 0 amide bonds. The largest absolute Gasteiger partial charge is 0.396 e. The molecule has 0 aliphatic carbocycles. The molecule has 140 valence electrons. The number of rotatable bonds is 5. The van der Waals surface area contributed by atoms with Crippen molar-refractivity contribution in [3.8, 4) is 5.69 Å². The molecule has 2 fully saturated rings. The lowest BCUT2D eigenvalue weighted by atomic mass is 9.78. The standard InChI is InChI=1S/C20H28N4O2/c1-14-10-15(24-8-3-7-21-24)4-5-16(14)19-17-11-23(2)12-18(17)20(13-26,22-19)6-9-25/h3-5,7-8,10,17-19,22,25-26H,6,9,11-13H2,1-2H3/t17-,18+,19-,20+/m0/s1. The molecule has 2 aliphatic heterocycles. The second-order valence-corrected chi connectivity index (χ2v) is 7.89. The lowest BCUT2D eigenvalue weighted by Crippen LogP contribution is -2.51. The summed E-state index contributed by atoms with van der Waals surface area (Å²) in [6, 6.07) is 8.57. The molecular weight excluding hydrogens is 328 g/mol. The molecule has 0 bridgehead atoms. The molecule has 1 aromatic heterocycles. The van der Waals surface area contributed by atoms with Gasteiger partial charge in [-0.1, -0.05) is 6.07 Å². The number of hydrogen-bond acceptors (Lipinski definition) is 5. The average molecular weight is 356 g/mol. The zero-order valence-electron chi connectivity index (χ0n) is 15.5. The molecule has 0 radical (unpaired) electrons. The normalized spacial score (nSPS) is 31.5. The maximum atomic E-state index is 10.2. The first kappa shape index (κ1) is 17.7. The van der Waals surface area contributed by atoms with Crippen LogP contribution in [-0.2, 0) is 0 Å². The lowest BCUT2D eigenvalue weighted by Gasteiger charge is -2.34. The van der Waals surface area contributed by atoms with E-state index in [1.165, 1.54) is 11.1 Å². The van der Waals surface area contributed by atoms with Crippen LogP contribution in [0.2, 0.25) is 0 Å². The molecular formula is C20H28N4O2. The van der Waals surface area contributed by atoms with E-state index in [-0.39, 0.29) is 19.3 Å². The molecule has 6 heteroatoms. The van der Waals surface area contributed by atoms with Crippen LogP contribution in [-0.4, -0.2) is 63.8 Å². The number of aliphatic hydroxyl groups is 2. The summed E-state index contributed by atoms with van der Waals surface area (Å²) >= 11 is 0. The van der Waals surface area contributed by atoms with E-state index in [2.05, 4.69) is 47.5 Å². The van der Waals surface area contributed by atoms with Gasteiger partial charge in [-0.25, -0.2) is 4.68 Å². The highest BCUT2D eigenvalue weighted by Crippen LogP contribution is 2.48. The Morgan fingerprint density at radius 1 is 1.31 bits per heavy atom. The number of likely N-dealkylation sites (tertiary alicyclic amines) is 1. The van der Waals surface area contributed by atoms with Crippen molar-refractivity contribution in [2.24, 2.45) is 11.8 Å². The molecule has 4 atom stereocenters. The molecule has 3 N–H and O–H groups in total. The second kappa shape index (κ2) is 6.78. The summed E-state index contributed by atoms with van der Waals surface area (Å²) in [5.74, 6) is 0.785. The van der Waals surface area contributed by atoms with Gasteiger partial charge in [0.25, 0.3) is 0 Å². The van der Waals surface area contributed by atoms with Gasteiger partial charge < -0.3 is 20.4 Å². The first-order valence-corrected chi connectivity index (χ1v) is 9.36. The fraction of sp³-hybridized carbons (Fsp3) is 0.550. The van der Waals surface area contributed by atoms with Crippen molar-refractivity contribution < 1.29 is 10.2 Å². The minimum Gasteiger partial charge on any atom is -0.396 e. The van der Waals surface area contributed by atoms with Crippen molar-refractivity contribution >= 4 is 0 Å². The highest BCUT2D eigenvalue weighted by molar-refractivity contribution is 5.42. The number of nitrogens with one attached hydrogen (secondary N) is 1. The number of fused-ring (bicyclic) bond motifs is 1. The molecule has 2 aromatic rings. The summed E-state index contributed by atoms with van der Waals surface area (Å²) in [6.45, 7) is 4.26. The summed E-state index contributed by atoms with van der Waals surface area (Å²) < 4.78 is 1.87. The van der Waals surface area contributed by atoms with E-state index in [9.17, 15) is 10.2 Å². The first-order valence-electron chi connectivity index (χ1n) is 9.36. The Bertz CT molecular complexity index is 763. The molecule has 2 aliphatic rings. The van der Waals surface area contributed by atoms with Crippen molar-refractivity contribution in [3.63, 3.8) is 0 Å². The Labute approximate surface area is 154 Å². The van der Waals surface area contributed by atoms with Gasteiger partial charge in [-0.05, 0) is 61.6 Å². The van der Waals surface area contributed by atoms with E-state index in [0.717, 1.165) is 18.8 Å². The number of aromatic nitrogens is 2. The van der Waals surface area contributed by atoms with Crippen molar-refractivity contribution in [3.05, 3.63) is 47.8 Å². The maximum Gasteiger partial charge on any atom is 0.0648 e. The smallest absolute Gasteiger partial charge is 0.0648 e. The predicted molar refractivity (Wildman–Crippen MR) is 100 cm³/mol. The molecule has 0 saturated carbocycles. The van der Waals surface area contributed by atoms with Crippen molar-refractivity contribution in [1.29, 1.82) is 0 Å². The van der Waals surface area contributed by atoms with Gasteiger partial charge in [0.1, 0.15) is 0 Å². The molecule has 26 heavy (non-hydrogen) atoms. The third kappa shape index (κ3) is 2.77. The van der Waals surface area contributed by atoms with E-state index >= 15 is 0 Å². The van der Waals surface area contributed by atoms with Gasteiger partial charge in [0, 0.05) is 43.7 Å². The highest BCUT2D eigenvalue weighted by Gasteiger charge is 2.55. The molecule has 4 rings (SSSR count). The van der Waals surface area contributed by atoms with Crippen LogP contribution in [0.3, 0.4) is 0 Å². The predicted octanol–water partition coefficient (Wildman–Crippen LogP) is 1.12. The average Bonchev–Trinajstić information content (AvgIpc) is 3.33. The van der Waals surface area contributed by atoms with Gasteiger partial charge in [0.2, 0.25) is 0 Å². The Balaban J connectivity index is 1.69. The van der Waals surface area contributed by atoms with Crippen molar-refractivity contribution in [1.82, 2.24) is 20.0 Å². The lowest BCUT2D eigenvalue weighted by molar-refractivity contribution is 0.0993. The van der Waals surface area contributed by atoms with E-state index in [1.54, 1.807) is 6.20 Å². The minimum absolute atomic E-state index is 0.0590. The quantitative estimate of drug-likeness (QED) is 0.749. The zero-order valence-corrected chi connectivity index (χ0v) is 15.5. The first-order chi connectivity index (χ1) is 12.6. The van der Waals surface area contributed by atoms with E-state index in [1.807, 2.05) is 16.9 Å². The number of aryl methyl sites for hydroxylation is 1. The van der Waals surface area contributed by atoms with Gasteiger partial charge in [0.05, 0.1) is 12.3 Å².